The summed E-state index contributed by atoms with van der Waals surface area (Å²) in [6.45, 7) is 7.25. The Morgan fingerprint density at radius 3 is 2.60 bits per heavy atom. The predicted octanol–water partition coefficient (Wildman–Crippen LogP) is 2.27. The Hall–Kier alpha value is -0.570. The molecule has 2 N–H and O–H groups in total. The Bertz CT molecular complexity index is 226. The molecule has 1 aliphatic rings. The highest BCUT2D eigenvalue weighted by Crippen LogP contribution is 2.36. The van der Waals surface area contributed by atoms with Gasteiger partial charge >= 0.3 is 5.97 Å². The van der Waals surface area contributed by atoms with Crippen LogP contribution in [0.5, 0.6) is 0 Å². The Morgan fingerprint density at radius 2 is 2.13 bits per heavy atom. The summed E-state index contributed by atoms with van der Waals surface area (Å²) in [6.07, 6.45) is 3.54. The van der Waals surface area contributed by atoms with Gasteiger partial charge in [-0.05, 0) is 44.1 Å². The van der Waals surface area contributed by atoms with Crippen LogP contribution < -0.4 is 5.32 Å². The molecule has 0 aromatic carbocycles. The van der Waals surface area contributed by atoms with Crippen LogP contribution in [0.2, 0.25) is 0 Å². The van der Waals surface area contributed by atoms with Crippen molar-refractivity contribution in [3.05, 3.63) is 0 Å². The molecule has 0 aromatic rings. The first-order valence-electron chi connectivity index (χ1n) is 6.00. The van der Waals surface area contributed by atoms with E-state index in [0.717, 1.165) is 32.2 Å². The fourth-order valence-corrected chi connectivity index (χ4v) is 2.41. The van der Waals surface area contributed by atoms with Crippen LogP contribution >= 0.6 is 0 Å². The number of nitrogens with one attached hydrogen (secondary N) is 1. The van der Waals surface area contributed by atoms with Crippen molar-refractivity contribution in [3.63, 3.8) is 0 Å². The van der Waals surface area contributed by atoms with E-state index in [1.165, 1.54) is 0 Å². The Morgan fingerprint density at radius 1 is 1.47 bits per heavy atom. The first-order chi connectivity index (χ1) is 7.02. The van der Waals surface area contributed by atoms with E-state index in [1.54, 1.807) is 0 Å². The molecule has 0 heterocycles. The zero-order chi connectivity index (χ0) is 11.5. The Kier molecular flexibility index (Phi) is 4.14. The van der Waals surface area contributed by atoms with Crippen molar-refractivity contribution in [1.82, 2.24) is 5.32 Å². The lowest BCUT2D eigenvalue weighted by molar-refractivity contribution is -0.147. The van der Waals surface area contributed by atoms with Gasteiger partial charge in [-0.3, -0.25) is 4.79 Å². The molecule has 0 bridgehead atoms. The maximum absolute atomic E-state index is 11.4. The minimum atomic E-state index is -0.672. The van der Waals surface area contributed by atoms with E-state index >= 15 is 0 Å². The molecule has 1 fully saturated rings. The molecule has 0 amide bonds. The minimum absolute atomic E-state index is 0.499. The summed E-state index contributed by atoms with van der Waals surface area (Å²) in [5.41, 5.74) is -0.651. The number of rotatable bonds is 4. The summed E-state index contributed by atoms with van der Waals surface area (Å²) in [5, 5.41) is 12.6. The molecular weight excluding hydrogens is 190 g/mol. The highest BCUT2D eigenvalue weighted by atomic mass is 16.4. The van der Waals surface area contributed by atoms with Gasteiger partial charge < -0.3 is 10.4 Å². The van der Waals surface area contributed by atoms with Gasteiger partial charge in [0.2, 0.25) is 0 Å². The number of aliphatic carboxylic acids is 1. The van der Waals surface area contributed by atoms with Crippen LogP contribution in [0.4, 0.5) is 0 Å². The standard InChI is InChI=1S/C12H23NO2/c1-4-7-13-12(11(14)15)6-5-9(2)10(3)8-12/h9-10,13H,4-8H2,1-3H3,(H,14,15). The molecular formula is C12H23NO2. The molecule has 1 saturated carbocycles. The molecule has 3 heteroatoms. The average Bonchev–Trinajstić information content (AvgIpc) is 2.20. The SMILES string of the molecule is CCCNC1(C(=O)O)CCC(C)C(C)C1. The van der Waals surface area contributed by atoms with Gasteiger partial charge in [-0.15, -0.1) is 0 Å². The summed E-state index contributed by atoms with van der Waals surface area (Å²) in [4.78, 5) is 11.4. The second kappa shape index (κ2) is 4.97. The second-order valence-electron chi connectivity index (χ2n) is 5.01. The number of hydrogen-bond acceptors (Lipinski definition) is 2. The Balaban J connectivity index is 2.70. The van der Waals surface area contributed by atoms with Crippen LogP contribution in [0, 0.1) is 11.8 Å². The summed E-state index contributed by atoms with van der Waals surface area (Å²) < 4.78 is 0. The fraction of sp³-hybridized carbons (Fsp3) is 0.917. The number of hydrogen-bond donors (Lipinski definition) is 2. The van der Waals surface area contributed by atoms with Crippen LogP contribution in [0.25, 0.3) is 0 Å². The van der Waals surface area contributed by atoms with Gasteiger partial charge in [0.1, 0.15) is 5.54 Å². The average molecular weight is 213 g/mol. The van der Waals surface area contributed by atoms with Gasteiger partial charge in [0.25, 0.3) is 0 Å². The normalized spacial score (nSPS) is 36.5. The molecule has 1 rings (SSSR count). The zero-order valence-electron chi connectivity index (χ0n) is 10.0. The second-order valence-corrected chi connectivity index (χ2v) is 5.01. The van der Waals surface area contributed by atoms with Crippen LogP contribution in [0.15, 0.2) is 0 Å². The van der Waals surface area contributed by atoms with Gasteiger partial charge in [0.05, 0.1) is 0 Å². The number of carboxylic acid groups (broad SMARTS) is 1. The van der Waals surface area contributed by atoms with Crippen LogP contribution in [-0.4, -0.2) is 23.2 Å². The third kappa shape index (κ3) is 2.71. The predicted molar refractivity (Wildman–Crippen MR) is 60.8 cm³/mol. The van der Waals surface area contributed by atoms with Crippen molar-refractivity contribution < 1.29 is 9.90 Å². The molecule has 3 unspecified atom stereocenters. The van der Waals surface area contributed by atoms with Crippen molar-refractivity contribution >= 4 is 5.97 Å². The van der Waals surface area contributed by atoms with Crippen molar-refractivity contribution in [3.8, 4) is 0 Å². The van der Waals surface area contributed by atoms with Crippen molar-refractivity contribution in [2.45, 2.75) is 52.0 Å². The summed E-state index contributed by atoms with van der Waals surface area (Å²) in [5.74, 6) is 0.481. The lowest BCUT2D eigenvalue weighted by Gasteiger charge is -2.40. The zero-order valence-corrected chi connectivity index (χ0v) is 10.0. The van der Waals surface area contributed by atoms with E-state index in [0.29, 0.717) is 11.8 Å². The molecule has 0 saturated heterocycles. The minimum Gasteiger partial charge on any atom is -0.480 e. The van der Waals surface area contributed by atoms with Crippen molar-refractivity contribution in [2.24, 2.45) is 11.8 Å². The topological polar surface area (TPSA) is 49.3 Å². The molecule has 15 heavy (non-hydrogen) atoms. The maximum Gasteiger partial charge on any atom is 0.323 e. The smallest absolute Gasteiger partial charge is 0.323 e. The molecule has 0 spiro atoms. The van der Waals surface area contributed by atoms with Crippen molar-refractivity contribution in [2.75, 3.05) is 6.54 Å². The van der Waals surface area contributed by atoms with E-state index in [9.17, 15) is 9.90 Å². The molecule has 1 aliphatic carbocycles. The molecule has 88 valence electrons. The molecule has 0 aliphatic heterocycles. The third-order valence-corrected chi connectivity index (χ3v) is 3.79. The van der Waals surface area contributed by atoms with Crippen LogP contribution in [0.3, 0.4) is 0 Å². The van der Waals surface area contributed by atoms with Crippen molar-refractivity contribution in [1.29, 1.82) is 0 Å². The summed E-state index contributed by atoms with van der Waals surface area (Å²) in [6, 6.07) is 0. The number of carbonyl (C=O) groups is 1. The maximum atomic E-state index is 11.4. The summed E-state index contributed by atoms with van der Waals surface area (Å²) in [7, 11) is 0. The summed E-state index contributed by atoms with van der Waals surface area (Å²) >= 11 is 0. The van der Waals surface area contributed by atoms with Gasteiger partial charge in [-0.25, -0.2) is 0 Å². The first kappa shape index (κ1) is 12.5. The van der Waals surface area contributed by atoms with E-state index in [2.05, 4.69) is 26.1 Å². The van der Waals surface area contributed by atoms with Crippen LogP contribution in [-0.2, 0) is 4.79 Å². The lowest BCUT2D eigenvalue weighted by Crippen LogP contribution is -2.56. The van der Waals surface area contributed by atoms with Crippen LogP contribution in [0.1, 0.15) is 46.5 Å². The molecule has 3 atom stereocenters. The largest absolute Gasteiger partial charge is 0.480 e. The lowest BCUT2D eigenvalue weighted by atomic mass is 9.71. The molecule has 0 radical (unpaired) electrons. The van der Waals surface area contributed by atoms with Gasteiger partial charge in [-0.2, -0.15) is 0 Å². The highest BCUT2D eigenvalue weighted by molar-refractivity contribution is 5.79. The monoisotopic (exact) mass is 213 g/mol. The fourth-order valence-electron chi connectivity index (χ4n) is 2.41. The molecule has 0 aromatic heterocycles. The van der Waals surface area contributed by atoms with E-state index in [-0.39, 0.29) is 0 Å². The number of carboxylic acids is 1. The van der Waals surface area contributed by atoms with E-state index in [1.807, 2.05) is 0 Å². The first-order valence-corrected chi connectivity index (χ1v) is 6.00. The molecule has 3 nitrogen and oxygen atoms in total. The van der Waals surface area contributed by atoms with E-state index in [4.69, 9.17) is 0 Å². The Labute approximate surface area is 92.3 Å². The highest BCUT2D eigenvalue weighted by Gasteiger charge is 2.43. The van der Waals surface area contributed by atoms with E-state index < -0.39 is 11.5 Å². The van der Waals surface area contributed by atoms with Gasteiger partial charge in [-0.1, -0.05) is 20.8 Å². The quantitative estimate of drug-likeness (QED) is 0.753. The van der Waals surface area contributed by atoms with Gasteiger partial charge in [0, 0.05) is 0 Å². The third-order valence-electron chi connectivity index (χ3n) is 3.79. The van der Waals surface area contributed by atoms with Gasteiger partial charge in [0.15, 0.2) is 0 Å².